The van der Waals surface area contributed by atoms with Gasteiger partial charge >= 0.3 is 0 Å². The van der Waals surface area contributed by atoms with Crippen LogP contribution in [-0.2, 0) is 0 Å². The normalized spacial score (nSPS) is 11.2. The summed E-state index contributed by atoms with van der Waals surface area (Å²) >= 11 is 3.13. The molecule has 0 aliphatic heterocycles. The molecule has 0 aliphatic carbocycles. The van der Waals surface area contributed by atoms with Gasteiger partial charge in [-0.05, 0) is 46.6 Å². The van der Waals surface area contributed by atoms with Crippen LogP contribution in [0.3, 0.4) is 0 Å². The number of rotatable bonds is 1. The molecule has 1 aromatic heterocycles. The average Bonchev–Trinajstić information content (AvgIpc) is 2.69. The summed E-state index contributed by atoms with van der Waals surface area (Å²) in [5.74, 6) is -0.600. The van der Waals surface area contributed by atoms with Crippen molar-refractivity contribution in [1.82, 2.24) is 9.55 Å². The van der Waals surface area contributed by atoms with Crippen molar-refractivity contribution < 1.29 is 8.78 Å². The summed E-state index contributed by atoms with van der Waals surface area (Å²) in [5, 5.41) is 0. The molecule has 3 nitrogen and oxygen atoms in total. The molecule has 3 aromatic rings. The van der Waals surface area contributed by atoms with Gasteiger partial charge in [-0.3, -0.25) is 4.57 Å². The second-order valence-electron chi connectivity index (χ2n) is 4.49. The topological polar surface area (TPSA) is 43.8 Å². The highest BCUT2D eigenvalue weighted by Gasteiger charge is 2.14. The Balaban J connectivity index is 2.38. The van der Waals surface area contributed by atoms with Gasteiger partial charge in [-0.15, -0.1) is 0 Å². The lowest BCUT2D eigenvalue weighted by atomic mass is 10.2. The lowest BCUT2D eigenvalue weighted by molar-refractivity contribution is 0.622. The fourth-order valence-corrected chi connectivity index (χ4v) is 2.50. The molecule has 0 atom stereocenters. The number of aromatic nitrogens is 2. The Labute approximate surface area is 122 Å². The van der Waals surface area contributed by atoms with E-state index < -0.39 is 5.82 Å². The van der Waals surface area contributed by atoms with E-state index in [0.717, 1.165) is 5.56 Å². The first-order chi connectivity index (χ1) is 9.47. The number of nitrogens with two attached hydrogens (primary N) is 1. The van der Waals surface area contributed by atoms with Crippen molar-refractivity contribution in [3.8, 4) is 5.69 Å². The third-order valence-electron chi connectivity index (χ3n) is 3.13. The van der Waals surface area contributed by atoms with E-state index in [9.17, 15) is 8.78 Å². The fraction of sp³-hybridized carbons (Fsp3) is 0.0714. The average molecular weight is 338 g/mol. The Kier molecular flexibility index (Phi) is 2.97. The summed E-state index contributed by atoms with van der Waals surface area (Å²) in [5.41, 5.74) is 8.37. The Morgan fingerprint density at radius 2 is 1.95 bits per heavy atom. The van der Waals surface area contributed by atoms with Crippen molar-refractivity contribution in [2.24, 2.45) is 0 Å². The van der Waals surface area contributed by atoms with Crippen molar-refractivity contribution in [3.63, 3.8) is 0 Å². The summed E-state index contributed by atoms with van der Waals surface area (Å²) in [6, 6.07) is 7.29. The van der Waals surface area contributed by atoms with E-state index in [1.54, 1.807) is 16.7 Å². The van der Waals surface area contributed by atoms with Crippen LogP contribution in [0, 0.1) is 18.6 Å². The number of halogens is 3. The van der Waals surface area contributed by atoms with Gasteiger partial charge in [-0.25, -0.2) is 13.8 Å². The highest BCUT2D eigenvalue weighted by Crippen LogP contribution is 2.29. The second kappa shape index (κ2) is 4.56. The molecule has 20 heavy (non-hydrogen) atoms. The van der Waals surface area contributed by atoms with Crippen LogP contribution >= 0.6 is 15.9 Å². The smallest absolute Gasteiger partial charge is 0.205 e. The molecule has 0 amide bonds. The minimum Gasteiger partial charge on any atom is -0.369 e. The highest BCUT2D eigenvalue weighted by molar-refractivity contribution is 9.10. The molecule has 0 radical (unpaired) electrons. The molecule has 3 rings (SSSR count). The molecule has 2 aromatic carbocycles. The quantitative estimate of drug-likeness (QED) is 0.730. The van der Waals surface area contributed by atoms with Gasteiger partial charge in [0.2, 0.25) is 5.95 Å². The summed E-state index contributed by atoms with van der Waals surface area (Å²) in [7, 11) is 0. The maximum atomic E-state index is 13.5. The molecular weight excluding hydrogens is 328 g/mol. The zero-order chi connectivity index (χ0) is 14.4. The van der Waals surface area contributed by atoms with Gasteiger partial charge in [0.1, 0.15) is 11.6 Å². The van der Waals surface area contributed by atoms with E-state index in [4.69, 9.17) is 5.73 Å². The number of hydrogen-bond acceptors (Lipinski definition) is 2. The van der Waals surface area contributed by atoms with Crippen LogP contribution in [0.5, 0.6) is 0 Å². The van der Waals surface area contributed by atoms with E-state index in [0.29, 0.717) is 21.2 Å². The predicted molar refractivity (Wildman–Crippen MR) is 77.8 cm³/mol. The van der Waals surface area contributed by atoms with Crippen molar-refractivity contribution in [3.05, 3.63) is 52.0 Å². The maximum Gasteiger partial charge on any atom is 0.205 e. The third-order valence-corrected chi connectivity index (χ3v) is 3.74. The van der Waals surface area contributed by atoms with Crippen LogP contribution in [0.1, 0.15) is 5.56 Å². The molecule has 0 aliphatic rings. The molecule has 1 heterocycles. The van der Waals surface area contributed by atoms with Gasteiger partial charge in [0, 0.05) is 6.07 Å². The second-order valence-corrected chi connectivity index (χ2v) is 5.35. The minimum atomic E-state index is -0.418. The van der Waals surface area contributed by atoms with Crippen LogP contribution in [0.2, 0.25) is 0 Å². The zero-order valence-electron chi connectivity index (χ0n) is 10.5. The first-order valence-corrected chi connectivity index (χ1v) is 6.66. The van der Waals surface area contributed by atoms with Crippen molar-refractivity contribution in [1.29, 1.82) is 0 Å². The van der Waals surface area contributed by atoms with E-state index >= 15 is 0 Å². The van der Waals surface area contributed by atoms with E-state index in [-0.39, 0.29) is 11.8 Å². The Morgan fingerprint density at radius 3 is 2.70 bits per heavy atom. The van der Waals surface area contributed by atoms with Crippen molar-refractivity contribution in [2.45, 2.75) is 6.92 Å². The van der Waals surface area contributed by atoms with Crippen LogP contribution in [0.4, 0.5) is 14.7 Å². The summed E-state index contributed by atoms with van der Waals surface area (Å²) in [4.78, 5) is 4.12. The Morgan fingerprint density at radius 1 is 1.20 bits per heavy atom. The monoisotopic (exact) mass is 337 g/mol. The summed E-state index contributed by atoms with van der Waals surface area (Å²) < 4.78 is 28.9. The van der Waals surface area contributed by atoms with Gasteiger partial charge < -0.3 is 5.73 Å². The number of nitrogens with zero attached hydrogens (tertiary/aromatic N) is 2. The predicted octanol–water partition coefficient (Wildman–Crippen LogP) is 3.96. The van der Waals surface area contributed by atoms with E-state index in [2.05, 4.69) is 20.9 Å². The van der Waals surface area contributed by atoms with Crippen LogP contribution in [0.15, 0.2) is 34.8 Å². The zero-order valence-corrected chi connectivity index (χ0v) is 12.1. The number of fused-ring (bicyclic) bond motifs is 1. The number of hydrogen-bond donors (Lipinski definition) is 1. The minimum absolute atomic E-state index is 0.186. The molecule has 0 saturated heterocycles. The van der Waals surface area contributed by atoms with E-state index in [1.807, 2.05) is 6.92 Å². The standard InChI is InChI=1S/C14H10BrF2N3/c1-7-2-3-8(16)4-12(7)20-13-5-9(15)10(17)6-11(13)19-14(20)18/h2-6H,1H3,(H2,18,19). The Hall–Kier alpha value is -1.95. The number of imidazole rings is 1. The van der Waals surface area contributed by atoms with Gasteiger partial charge in [-0.1, -0.05) is 6.07 Å². The first-order valence-electron chi connectivity index (χ1n) is 5.87. The lowest BCUT2D eigenvalue weighted by Gasteiger charge is -2.10. The molecule has 2 N–H and O–H groups in total. The van der Waals surface area contributed by atoms with Crippen molar-refractivity contribution >= 4 is 32.9 Å². The SMILES string of the molecule is Cc1ccc(F)cc1-n1c(N)nc2cc(F)c(Br)cc21. The maximum absolute atomic E-state index is 13.5. The van der Waals surface area contributed by atoms with Gasteiger partial charge in [-0.2, -0.15) is 0 Å². The Bertz CT molecular complexity index is 827. The third kappa shape index (κ3) is 1.96. The molecule has 0 unspecified atom stereocenters. The van der Waals surface area contributed by atoms with Crippen LogP contribution in [0.25, 0.3) is 16.7 Å². The summed E-state index contributed by atoms with van der Waals surface area (Å²) in [6.07, 6.45) is 0. The molecule has 0 spiro atoms. The van der Waals surface area contributed by atoms with Gasteiger partial charge in [0.25, 0.3) is 0 Å². The number of anilines is 1. The number of benzene rings is 2. The first kappa shape index (κ1) is 13.1. The summed E-state index contributed by atoms with van der Waals surface area (Å²) in [6.45, 7) is 1.85. The molecule has 0 saturated carbocycles. The van der Waals surface area contributed by atoms with Crippen LogP contribution in [-0.4, -0.2) is 9.55 Å². The number of aryl methyl sites for hydroxylation is 1. The molecular formula is C14H10BrF2N3. The van der Waals surface area contributed by atoms with Crippen LogP contribution < -0.4 is 5.73 Å². The number of nitrogen functional groups attached to an aromatic ring is 1. The van der Waals surface area contributed by atoms with Crippen molar-refractivity contribution in [2.75, 3.05) is 5.73 Å². The fourth-order valence-electron chi connectivity index (χ4n) is 2.17. The molecule has 6 heteroatoms. The molecule has 0 bridgehead atoms. The molecule has 102 valence electrons. The highest BCUT2D eigenvalue weighted by atomic mass is 79.9. The lowest BCUT2D eigenvalue weighted by Crippen LogP contribution is -2.03. The van der Waals surface area contributed by atoms with Gasteiger partial charge in [0.15, 0.2) is 0 Å². The van der Waals surface area contributed by atoms with Gasteiger partial charge in [0.05, 0.1) is 21.2 Å². The largest absolute Gasteiger partial charge is 0.369 e. The van der Waals surface area contributed by atoms with E-state index in [1.165, 1.54) is 18.2 Å². The molecule has 0 fully saturated rings.